The number of hydrogen-bond donors (Lipinski definition) is 0. The van der Waals surface area contributed by atoms with E-state index in [4.69, 9.17) is 10.1 Å². The molecule has 2 aromatic rings. The van der Waals surface area contributed by atoms with Crippen molar-refractivity contribution in [3.63, 3.8) is 0 Å². The highest BCUT2D eigenvalue weighted by Crippen LogP contribution is 2.32. The summed E-state index contributed by atoms with van der Waals surface area (Å²) in [6.07, 6.45) is 1.80. The van der Waals surface area contributed by atoms with Crippen LogP contribution in [0.5, 0.6) is 0 Å². The Kier molecular flexibility index (Phi) is 3.50. The number of fused-ring (bicyclic) bond motifs is 3. The van der Waals surface area contributed by atoms with E-state index >= 15 is 0 Å². The summed E-state index contributed by atoms with van der Waals surface area (Å²) in [4.78, 5) is 18.6. The standard InChI is InChI=1S/C18H19N3O2/c1-5-14-11-20(23-18(2,3)4)17(22)16-9-13-7-6-12(10-19)8-15(13)21(14)16/h5-9,14H,1,11H2,2-4H3. The van der Waals surface area contributed by atoms with Crippen LogP contribution in [0.15, 0.2) is 36.9 Å². The fourth-order valence-corrected chi connectivity index (χ4v) is 2.86. The first-order chi connectivity index (χ1) is 10.8. The molecule has 118 valence electrons. The Bertz CT molecular complexity index is 836. The molecule has 2 heterocycles. The summed E-state index contributed by atoms with van der Waals surface area (Å²) in [5.41, 5.74) is 1.54. The van der Waals surface area contributed by atoms with Crippen molar-refractivity contribution in [1.82, 2.24) is 9.63 Å². The van der Waals surface area contributed by atoms with Gasteiger partial charge < -0.3 is 4.57 Å². The van der Waals surface area contributed by atoms with Crippen LogP contribution < -0.4 is 0 Å². The molecule has 5 nitrogen and oxygen atoms in total. The molecule has 0 aliphatic carbocycles. The molecule has 23 heavy (non-hydrogen) atoms. The predicted octanol–water partition coefficient (Wildman–Crippen LogP) is 3.43. The average Bonchev–Trinajstić information content (AvgIpc) is 2.87. The highest BCUT2D eigenvalue weighted by molar-refractivity contribution is 5.99. The third kappa shape index (κ3) is 2.62. The second-order valence-electron chi connectivity index (χ2n) is 6.66. The maximum absolute atomic E-state index is 12.8. The number of nitriles is 1. The number of benzene rings is 1. The molecular formula is C18H19N3O2. The molecule has 0 fully saturated rings. The summed E-state index contributed by atoms with van der Waals surface area (Å²) in [6.45, 7) is 10.0. The van der Waals surface area contributed by atoms with Crippen LogP contribution in [-0.2, 0) is 4.84 Å². The van der Waals surface area contributed by atoms with E-state index in [1.807, 2.05) is 43.5 Å². The second kappa shape index (κ2) is 5.25. The normalized spacial score (nSPS) is 17.9. The van der Waals surface area contributed by atoms with Crippen LogP contribution in [0, 0.1) is 11.3 Å². The van der Waals surface area contributed by atoms with Gasteiger partial charge in [-0.25, -0.2) is 5.06 Å². The van der Waals surface area contributed by atoms with Crippen molar-refractivity contribution in [2.75, 3.05) is 6.54 Å². The van der Waals surface area contributed by atoms with Crippen molar-refractivity contribution in [3.05, 3.63) is 48.2 Å². The number of carbonyl (C=O) groups excluding carboxylic acids is 1. The molecule has 1 aromatic heterocycles. The predicted molar refractivity (Wildman–Crippen MR) is 87.8 cm³/mol. The van der Waals surface area contributed by atoms with Crippen LogP contribution in [0.2, 0.25) is 0 Å². The van der Waals surface area contributed by atoms with Crippen molar-refractivity contribution in [1.29, 1.82) is 5.26 Å². The molecular weight excluding hydrogens is 290 g/mol. The fourth-order valence-electron chi connectivity index (χ4n) is 2.86. The van der Waals surface area contributed by atoms with Gasteiger partial charge in [0.1, 0.15) is 5.69 Å². The highest BCUT2D eigenvalue weighted by atomic mass is 16.7. The van der Waals surface area contributed by atoms with Crippen molar-refractivity contribution in [2.45, 2.75) is 32.4 Å². The fraction of sp³-hybridized carbons (Fsp3) is 0.333. The monoisotopic (exact) mass is 309 g/mol. The quantitative estimate of drug-likeness (QED) is 0.799. The van der Waals surface area contributed by atoms with E-state index in [0.29, 0.717) is 17.8 Å². The maximum atomic E-state index is 12.8. The van der Waals surface area contributed by atoms with E-state index in [1.54, 1.807) is 12.1 Å². The Hall–Kier alpha value is -2.58. The van der Waals surface area contributed by atoms with Gasteiger partial charge in [-0.1, -0.05) is 12.1 Å². The number of amides is 1. The minimum Gasteiger partial charge on any atom is -0.327 e. The van der Waals surface area contributed by atoms with Crippen LogP contribution in [0.4, 0.5) is 0 Å². The van der Waals surface area contributed by atoms with E-state index < -0.39 is 5.60 Å². The van der Waals surface area contributed by atoms with Gasteiger partial charge in [0, 0.05) is 5.39 Å². The molecule has 0 N–H and O–H groups in total. The van der Waals surface area contributed by atoms with E-state index in [2.05, 4.69) is 12.6 Å². The SMILES string of the molecule is C=CC1CN(OC(C)(C)C)C(=O)c2cc3ccc(C#N)cc3n21. The van der Waals surface area contributed by atoms with Crippen LogP contribution in [0.3, 0.4) is 0 Å². The third-order valence-corrected chi connectivity index (χ3v) is 3.76. The lowest BCUT2D eigenvalue weighted by Crippen LogP contribution is -2.45. The molecule has 1 aromatic carbocycles. The molecule has 1 unspecified atom stereocenters. The van der Waals surface area contributed by atoms with Gasteiger partial charge in [0.2, 0.25) is 0 Å². The molecule has 0 saturated heterocycles. The van der Waals surface area contributed by atoms with E-state index in [9.17, 15) is 4.79 Å². The lowest BCUT2D eigenvalue weighted by molar-refractivity contribution is -0.201. The average molecular weight is 309 g/mol. The molecule has 0 radical (unpaired) electrons. The summed E-state index contributed by atoms with van der Waals surface area (Å²) in [5.74, 6) is -0.173. The van der Waals surface area contributed by atoms with Crippen LogP contribution in [-0.4, -0.2) is 27.7 Å². The Morgan fingerprint density at radius 3 is 2.74 bits per heavy atom. The minimum atomic E-state index is -0.455. The smallest absolute Gasteiger partial charge is 0.294 e. The molecule has 1 amide bonds. The number of hydrogen-bond acceptors (Lipinski definition) is 3. The summed E-state index contributed by atoms with van der Waals surface area (Å²) in [6, 6.07) is 9.31. The lowest BCUT2D eigenvalue weighted by atomic mass is 10.1. The van der Waals surface area contributed by atoms with Gasteiger partial charge >= 0.3 is 0 Å². The molecule has 0 saturated carbocycles. The van der Waals surface area contributed by atoms with Gasteiger partial charge in [-0.15, -0.1) is 6.58 Å². The first-order valence-electron chi connectivity index (χ1n) is 7.52. The topological polar surface area (TPSA) is 58.3 Å². The molecule has 1 aliphatic rings. The second-order valence-corrected chi connectivity index (χ2v) is 6.66. The van der Waals surface area contributed by atoms with Crippen LogP contribution in [0.1, 0.15) is 42.9 Å². The van der Waals surface area contributed by atoms with E-state index in [-0.39, 0.29) is 11.9 Å². The third-order valence-electron chi connectivity index (χ3n) is 3.76. The highest BCUT2D eigenvalue weighted by Gasteiger charge is 2.34. The summed E-state index contributed by atoms with van der Waals surface area (Å²) >= 11 is 0. The van der Waals surface area contributed by atoms with Gasteiger partial charge in [-0.3, -0.25) is 9.63 Å². The number of nitrogens with zero attached hydrogens (tertiary/aromatic N) is 3. The zero-order valence-electron chi connectivity index (χ0n) is 13.5. The van der Waals surface area contributed by atoms with Gasteiger partial charge in [0.15, 0.2) is 0 Å². The zero-order chi connectivity index (χ0) is 16.8. The maximum Gasteiger partial charge on any atom is 0.294 e. The number of aromatic nitrogens is 1. The Balaban J connectivity index is 2.15. The first-order valence-corrected chi connectivity index (χ1v) is 7.52. The Morgan fingerprint density at radius 2 is 2.13 bits per heavy atom. The van der Waals surface area contributed by atoms with Crippen LogP contribution in [0.25, 0.3) is 10.9 Å². The summed E-state index contributed by atoms with van der Waals surface area (Å²) < 4.78 is 1.94. The van der Waals surface area contributed by atoms with Crippen molar-refractivity contribution in [2.24, 2.45) is 0 Å². The lowest BCUT2D eigenvalue weighted by Gasteiger charge is -2.36. The van der Waals surface area contributed by atoms with E-state index in [1.165, 1.54) is 5.06 Å². The first kappa shape index (κ1) is 15.3. The van der Waals surface area contributed by atoms with Gasteiger partial charge in [0.25, 0.3) is 5.91 Å². The number of rotatable bonds is 2. The molecule has 5 heteroatoms. The Labute approximate surface area is 135 Å². The van der Waals surface area contributed by atoms with Gasteiger partial charge in [-0.2, -0.15) is 5.26 Å². The number of carbonyl (C=O) groups is 1. The summed E-state index contributed by atoms with van der Waals surface area (Å²) in [7, 11) is 0. The molecule has 0 spiro atoms. The molecule has 1 atom stereocenters. The molecule has 1 aliphatic heterocycles. The minimum absolute atomic E-state index is 0.100. The zero-order valence-corrected chi connectivity index (χ0v) is 13.5. The Morgan fingerprint density at radius 1 is 1.39 bits per heavy atom. The summed E-state index contributed by atoms with van der Waals surface area (Å²) in [5, 5.41) is 11.4. The van der Waals surface area contributed by atoms with Gasteiger partial charge in [0.05, 0.1) is 35.3 Å². The molecule has 3 rings (SSSR count). The molecule has 0 bridgehead atoms. The van der Waals surface area contributed by atoms with Crippen LogP contribution >= 0.6 is 0 Å². The van der Waals surface area contributed by atoms with Crippen molar-refractivity contribution < 1.29 is 9.63 Å². The largest absolute Gasteiger partial charge is 0.327 e. The van der Waals surface area contributed by atoms with E-state index in [0.717, 1.165) is 10.9 Å². The van der Waals surface area contributed by atoms with Gasteiger partial charge in [-0.05, 0) is 39.0 Å². The van der Waals surface area contributed by atoms with Crippen molar-refractivity contribution in [3.8, 4) is 6.07 Å². The number of hydroxylamine groups is 2. The van der Waals surface area contributed by atoms with Crippen molar-refractivity contribution >= 4 is 16.8 Å².